The van der Waals surface area contributed by atoms with Crippen LogP contribution in [-0.2, 0) is 4.79 Å². The molecule has 1 rings (SSSR count). The van der Waals surface area contributed by atoms with Gasteiger partial charge in [-0.15, -0.1) is 12.4 Å². The molecule has 1 fully saturated rings. The van der Waals surface area contributed by atoms with Gasteiger partial charge >= 0.3 is 0 Å². The number of piperazine rings is 1. The SMILES string of the molecule is CCC(C)(C)NC(=O)CN1CCNC(C)C1.Cl. The Morgan fingerprint density at radius 3 is 2.71 bits per heavy atom. The predicted octanol–water partition coefficient (Wildman–Crippen LogP) is 1.01. The maximum atomic E-state index is 11.8. The highest BCUT2D eigenvalue weighted by Crippen LogP contribution is 2.07. The summed E-state index contributed by atoms with van der Waals surface area (Å²) in [4.78, 5) is 14.0. The average Bonchev–Trinajstić information content (AvgIpc) is 2.16. The van der Waals surface area contributed by atoms with Gasteiger partial charge in [-0.1, -0.05) is 6.92 Å². The Bertz CT molecular complexity index is 246. The van der Waals surface area contributed by atoms with Gasteiger partial charge in [0.2, 0.25) is 5.91 Å². The lowest BCUT2D eigenvalue weighted by Gasteiger charge is -2.32. The standard InChI is InChI=1S/C12H25N3O.ClH/c1-5-12(3,4)14-11(16)9-15-7-6-13-10(2)8-15;/h10,13H,5-9H2,1-4H3,(H,14,16);1H. The van der Waals surface area contributed by atoms with Crippen molar-refractivity contribution >= 4 is 18.3 Å². The van der Waals surface area contributed by atoms with E-state index in [4.69, 9.17) is 0 Å². The molecule has 2 N–H and O–H groups in total. The van der Waals surface area contributed by atoms with E-state index < -0.39 is 0 Å². The van der Waals surface area contributed by atoms with Crippen molar-refractivity contribution in [2.75, 3.05) is 26.2 Å². The first-order valence-corrected chi connectivity index (χ1v) is 6.19. The fourth-order valence-electron chi connectivity index (χ4n) is 1.86. The number of nitrogens with one attached hydrogen (secondary N) is 2. The summed E-state index contributed by atoms with van der Waals surface area (Å²) in [6.45, 7) is 11.8. The van der Waals surface area contributed by atoms with E-state index in [2.05, 4.69) is 43.2 Å². The van der Waals surface area contributed by atoms with Gasteiger partial charge in [-0.3, -0.25) is 9.69 Å². The van der Waals surface area contributed by atoms with Crippen molar-refractivity contribution in [3.05, 3.63) is 0 Å². The Balaban J connectivity index is 0.00000256. The summed E-state index contributed by atoms with van der Waals surface area (Å²) >= 11 is 0. The molecular formula is C12H26ClN3O. The molecule has 1 heterocycles. The van der Waals surface area contributed by atoms with Gasteiger partial charge < -0.3 is 10.6 Å². The largest absolute Gasteiger partial charge is 0.350 e. The highest BCUT2D eigenvalue weighted by molar-refractivity contribution is 5.85. The van der Waals surface area contributed by atoms with Crippen LogP contribution in [0.25, 0.3) is 0 Å². The number of halogens is 1. The Morgan fingerprint density at radius 1 is 1.53 bits per heavy atom. The zero-order valence-corrected chi connectivity index (χ0v) is 12.2. The minimum atomic E-state index is -0.0866. The number of hydrogen-bond donors (Lipinski definition) is 2. The van der Waals surface area contributed by atoms with Crippen LogP contribution in [0.1, 0.15) is 34.1 Å². The van der Waals surface area contributed by atoms with E-state index in [9.17, 15) is 4.79 Å². The van der Waals surface area contributed by atoms with Gasteiger partial charge in [0.05, 0.1) is 6.54 Å². The zero-order valence-electron chi connectivity index (χ0n) is 11.4. The second-order valence-corrected chi connectivity index (χ2v) is 5.38. The molecular weight excluding hydrogens is 238 g/mol. The van der Waals surface area contributed by atoms with Gasteiger partial charge in [-0.05, 0) is 27.2 Å². The monoisotopic (exact) mass is 263 g/mol. The van der Waals surface area contributed by atoms with Crippen LogP contribution < -0.4 is 10.6 Å². The second kappa shape index (κ2) is 7.19. The van der Waals surface area contributed by atoms with Crippen LogP contribution in [0.4, 0.5) is 0 Å². The molecule has 0 saturated carbocycles. The summed E-state index contributed by atoms with van der Waals surface area (Å²) < 4.78 is 0. The fourth-order valence-corrected chi connectivity index (χ4v) is 1.86. The lowest BCUT2D eigenvalue weighted by Crippen LogP contribution is -2.53. The fraction of sp³-hybridized carbons (Fsp3) is 0.917. The maximum absolute atomic E-state index is 11.8. The molecule has 0 aromatic carbocycles. The van der Waals surface area contributed by atoms with E-state index in [0.717, 1.165) is 26.1 Å². The summed E-state index contributed by atoms with van der Waals surface area (Å²) in [5.74, 6) is 0.140. The minimum absolute atomic E-state index is 0. The van der Waals surface area contributed by atoms with Crippen molar-refractivity contribution in [1.82, 2.24) is 15.5 Å². The minimum Gasteiger partial charge on any atom is -0.350 e. The Kier molecular flexibility index (Phi) is 7.05. The number of amides is 1. The number of carbonyl (C=O) groups excluding carboxylic acids is 1. The van der Waals surface area contributed by atoms with Crippen LogP contribution in [0.15, 0.2) is 0 Å². The van der Waals surface area contributed by atoms with Crippen molar-refractivity contribution in [2.24, 2.45) is 0 Å². The molecule has 0 spiro atoms. The summed E-state index contributed by atoms with van der Waals surface area (Å²) in [6.07, 6.45) is 0.955. The van der Waals surface area contributed by atoms with Crippen LogP contribution in [-0.4, -0.2) is 48.6 Å². The molecule has 102 valence electrons. The topological polar surface area (TPSA) is 44.4 Å². The summed E-state index contributed by atoms with van der Waals surface area (Å²) in [6, 6.07) is 0.487. The average molecular weight is 264 g/mol. The van der Waals surface area contributed by atoms with E-state index in [1.54, 1.807) is 0 Å². The quantitative estimate of drug-likeness (QED) is 0.796. The van der Waals surface area contributed by atoms with E-state index in [1.807, 2.05) is 0 Å². The first-order valence-electron chi connectivity index (χ1n) is 6.19. The van der Waals surface area contributed by atoms with Crippen LogP contribution in [0, 0.1) is 0 Å². The van der Waals surface area contributed by atoms with E-state index in [0.29, 0.717) is 12.6 Å². The van der Waals surface area contributed by atoms with Crippen molar-refractivity contribution in [3.63, 3.8) is 0 Å². The Hall–Kier alpha value is -0.320. The zero-order chi connectivity index (χ0) is 12.2. The van der Waals surface area contributed by atoms with Gasteiger partial charge in [-0.2, -0.15) is 0 Å². The van der Waals surface area contributed by atoms with Gasteiger partial charge in [0, 0.05) is 31.2 Å². The molecule has 1 saturated heterocycles. The highest BCUT2D eigenvalue weighted by Gasteiger charge is 2.21. The third-order valence-corrected chi connectivity index (χ3v) is 3.18. The third kappa shape index (κ3) is 6.24. The number of hydrogen-bond acceptors (Lipinski definition) is 3. The molecule has 1 aliphatic rings. The van der Waals surface area contributed by atoms with Crippen molar-refractivity contribution in [1.29, 1.82) is 0 Å². The number of carbonyl (C=O) groups is 1. The predicted molar refractivity (Wildman–Crippen MR) is 73.7 cm³/mol. The molecule has 0 aromatic heterocycles. The Morgan fingerprint density at radius 2 is 2.18 bits per heavy atom. The molecule has 0 radical (unpaired) electrons. The molecule has 4 nitrogen and oxygen atoms in total. The normalized spacial score (nSPS) is 21.8. The van der Waals surface area contributed by atoms with E-state index in [-0.39, 0.29) is 23.9 Å². The van der Waals surface area contributed by atoms with Crippen LogP contribution >= 0.6 is 12.4 Å². The van der Waals surface area contributed by atoms with Gasteiger partial charge in [0.25, 0.3) is 0 Å². The second-order valence-electron chi connectivity index (χ2n) is 5.38. The summed E-state index contributed by atoms with van der Waals surface area (Å²) in [5.41, 5.74) is -0.0866. The van der Waals surface area contributed by atoms with Crippen LogP contribution in [0.5, 0.6) is 0 Å². The van der Waals surface area contributed by atoms with E-state index >= 15 is 0 Å². The molecule has 1 atom stereocenters. The van der Waals surface area contributed by atoms with Crippen LogP contribution in [0.2, 0.25) is 0 Å². The number of nitrogens with zero attached hydrogens (tertiary/aromatic N) is 1. The van der Waals surface area contributed by atoms with Crippen molar-refractivity contribution in [2.45, 2.75) is 45.7 Å². The van der Waals surface area contributed by atoms with Gasteiger partial charge in [-0.25, -0.2) is 0 Å². The van der Waals surface area contributed by atoms with E-state index in [1.165, 1.54) is 0 Å². The van der Waals surface area contributed by atoms with Crippen molar-refractivity contribution in [3.8, 4) is 0 Å². The molecule has 1 amide bonds. The van der Waals surface area contributed by atoms with Gasteiger partial charge in [0.15, 0.2) is 0 Å². The third-order valence-electron chi connectivity index (χ3n) is 3.18. The molecule has 5 heteroatoms. The van der Waals surface area contributed by atoms with Gasteiger partial charge in [0.1, 0.15) is 0 Å². The molecule has 0 aliphatic carbocycles. The summed E-state index contributed by atoms with van der Waals surface area (Å²) in [7, 11) is 0. The lowest BCUT2D eigenvalue weighted by molar-refractivity contribution is -0.124. The molecule has 1 aliphatic heterocycles. The first kappa shape index (κ1) is 16.7. The summed E-state index contributed by atoms with van der Waals surface area (Å²) in [5, 5.41) is 6.44. The van der Waals surface area contributed by atoms with Crippen molar-refractivity contribution < 1.29 is 4.79 Å². The Labute approximate surface area is 111 Å². The molecule has 0 aromatic rings. The maximum Gasteiger partial charge on any atom is 0.234 e. The highest BCUT2D eigenvalue weighted by atomic mass is 35.5. The first-order chi connectivity index (χ1) is 7.43. The lowest BCUT2D eigenvalue weighted by atomic mass is 10.0. The number of rotatable bonds is 4. The molecule has 17 heavy (non-hydrogen) atoms. The van der Waals surface area contributed by atoms with Crippen LogP contribution in [0.3, 0.4) is 0 Å². The molecule has 1 unspecified atom stereocenters. The smallest absolute Gasteiger partial charge is 0.234 e. The molecule has 0 bridgehead atoms.